The Morgan fingerprint density at radius 1 is 0.938 bits per heavy atom. The van der Waals surface area contributed by atoms with Gasteiger partial charge in [0.05, 0.1) is 7.11 Å². The maximum Gasteiger partial charge on any atom is 0.188 e. The van der Waals surface area contributed by atoms with E-state index in [4.69, 9.17) is 4.74 Å². The van der Waals surface area contributed by atoms with Crippen molar-refractivity contribution in [3.05, 3.63) is 101 Å². The molecule has 1 aliphatic heterocycles. The predicted octanol–water partition coefficient (Wildman–Crippen LogP) is 4.29. The predicted molar refractivity (Wildman–Crippen MR) is 122 cm³/mol. The summed E-state index contributed by atoms with van der Waals surface area (Å²) in [5.41, 5.74) is 2.93. The molecule has 1 atom stereocenters. The van der Waals surface area contributed by atoms with Crippen LogP contribution in [0.4, 0.5) is 4.39 Å². The summed E-state index contributed by atoms with van der Waals surface area (Å²) in [5, 5.41) is 0. The monoisotopic (exact) mass is 430 g/mol. The molecule has 1 aliphatic carbocycles. The lowest BCUT2D eigenvalue weighted by Crippen LogP contribution is -2.58. The Morgan fingerprint density at radius 3 is 2.34 bits per heavy atom. The molecule has 1 heterocycles. The number of nitrogens with zero attached hydrogens (tertiary/aromatic N) is 2. The fraction of sp³-hybridized carbons (Fsp3) is 0.296. The molecule has 1 unspecified atom stereocenters. The van der Waals surface area contributed by atoms with Crippen LogP contribution < -0.4 is 4.74 Å². The number of benzene rings is 3. The first-order chi connectivity index (χ1) is 15.6. The fourth-order valence-electron chi connectivity index (χ4n) is 5.17. The van der Waals surface area contributed by atoms with Gasteiger partial charge in [-0.15, -0.1) is 0 Å². The summed E-state index contributed by atoms with van der Waals surface area (Å²) in [6.07, 6.45) is 0.515. The summed E-state index contributed by atoms with van der Waals surface area (Å²) >= 11 is 0. The number of methoxy groups -OCH3 is 1. The molecular weight excluding hydrogens is 403 g/mol. The molecule has 5 heteroatoms. The summed E-state index contributed by atoms with van der Waals surface area (Å²) in [4.78, 5) is 18.5. The minimum atomic E-state index is -0.760. The third-order valence-electron chi connectivity index (χ3n) is 6.86. The van der Waals surface area contributed by atoms with Gasteiger partial charge in [0.1, 0.15) is 17.1 Å². The van der Waals surface area contributed by atoms with Crippen LogP contribution in [0, 0.1) is 5.82 Å². The third-order valence-corrected chi connectivity index (χ3v) is 6.86. The maximum absolute atomic E-state index is 14.0. The number of fused-ring (bicyclic) bond motifs is 1. The molecule has 164 valence electrons. The molecule has 0 saturated carbocycles. The Hall–Kier alpha value is -3.02. The van der Waals surface area contributed by atoms with Gasteiger partial charge in [-0.3, -0.25) is 14.6 Å². The average molecular weight is 431 g/mol. The number of ketones is 1. The second-order valence-corrected chi connectivity index (χ2v) is 8.64. The van der Waals surface area contributed by atoms with Crippen LogP contribution in [0.5, 0.6) is 5.75 Å². The topological polar surface area (TPSA) is 32.8 Å². The molecule has 5 rings (SSSR count). The van der Waals surface area contributed by atoms with Crippen molar-refractivity contribution in [3.8, 4) is 5.75 Å². The molecule has 0 bridgehead atoms. The number of carbonyl (C=O) groups excluding carboxylic acids is 1. The van der Waals surface area contributed by atoms with Crippen molar-refractivity contribution in [1.29, 1.82) is 0 Å². The standard InChI is InChI=1S/C27H27FN2O2/c1-32-24-10-7-20(8-11-24)19-29-13-15-30(16-14-29)27(22-5-3-2-4-6-22)18-21-17-23(28)9-12-25(21)26(27)31/h2-12,17H,13-16,18-19H2,1H3. The average Bonchev–Trinajstić information content (AvgIpc) is 3.13. The van der Waals surface area contributed by atoms with Crippen LogP contribution in [0.1, 0.15) is 27.0 Å². The molecule has 2 aliphatic rings. The summed E-state index contributed by atoms with van der Waals surface area (Å²) in [6, 6.07) is 22.7. The number of hydrogen-bond acceptors (Lipinski definition) is 4. The highest BCUT2D eigenvalue weighted by Gasteiger charge is 2.51. The molecule has 3 aromatic rings. The largest absolute Gasteiger partial charge is 0.497 e. The molecule has 0 amide bonds. The summed E-state index contributed by atoms with van der Waals surface area (Å²) in [6.45, 7) is 4.19. The zero-order valence-corrected chi connectivity index (χ0v) is 18.3. The second kappa shape index (κ2) is 8.49. The SMILES string of the molecule is COc1ccc(CN2CCN(C3(c4ccccc4)Cc4cc(F)ccc4C3=O)CC2)cc1. The quantitative estimate of drug-likeness (QED) is 0.605. The van der Waals surface area contributed by atoms with Crippen LogP contribution in [0.2, 0.25) is 0 Å². The minimum absolute atomic E-state index is 0.0855. The van der Waals surface area contributed by atoms with Crippen molar-refractivity contribution in [2.75, 3.05) is 33.3 Å². The van der Waals surface area contributed by atoms with Crippen molar-refractivity contribution in [2.45, 2.75) is 18.5 Å². The van der Waals surface area contributed by atoms with E-state index in [1.54, 1.807) is 13.2 Å². The van der Waals surface area contributed by atoms with Crippen molar-refractivity contribution in [1.82, 2.24) is 9.80 Å². The van der Waals surface area contributed by atoms with Crippen molar-refractivity contribution < 1.29 is 13.9 Å². The Bertz CT molecular complexity index is 1110. The summed E-state index contributed by atoms with van der Waals surface area (Å²) in [7, 11) is 1.67. The number of Topliss-reactive ketones (excluding diaryl/α,β-unsaturated/α-hetero) is 1. The molecule has 0 N–H and O–H groups in total. The first kappa shape index (κ1) is 20.9. The van der Waals surface area contributed by atoms with Gasteiger partial charge < -0.3 is 4.74 Å². The van der Waals surface area contributed by atoms with Crippen LogP contribution >= 0.6 is 0 Å². The molecule has 32 heavy (non-hydrogen) atoms. The number of carbonyl (C=O) groups is 1. The van der Waals surface area contributed by atoms with Crippen molar-refractivity contribution >= 4 is 5.78 Å². The van der Waals surface area contributed by atoms with Crippen LogP contribution in [0.25, 0.3) is 0 Å². The second-order valence-electron chi connectivity index (χ2n) is 8.64. The van der Waals surface area contributed by atoms with Gasteiger partial charge in [-0.1, -0.05) is 42.5 Å². The van der Waals surface area contributed by atoms with Crippen LogP contribution in [-0.2, 0) is 18.5 Å². The Labute approximate surface area is 188 Å². The number of ether oxygens (including phenoxy) is 1. The Kier molecular flexibility index (Phi) is 5.53. The van der Waals surface area contributed by atoms with Gasteiger partial charge in [-0.2, -0.15) is 0 Å². The third kappa shape index (κ3) is 3.61. The van der Waals surface area contributed by atoms with Crippen LogP contribution in [-0.4, -0.2) is 48.9 Å². The summed E-state index contributed by atoms with van der Waals surface area (Å²) in [5.74, 6) is 0.658. The van der Waals surface area contributed by atoms with Gasteiger partial charge in [0.25, 0.3) is 0 Å². The van der Waals surface area contributed by atoms with E-state index < -0.39 is 5.54 Å². The lowest BCUT2D eigenvalue weighted by atomic mass is 9.83. The highest BCUT2D eigenvalue weighted by molar-refractivity contribution is 6.08. The van der Waals surface area contributed by atoms with E-state index in [-0.39, 0.29) is 11.6 Å². The number of hydrogen-bond donors (Lipinski definition) is 0. The first-order valence-electron chi connectivity index (χ1n) is 11.1. The van der Waals surface area contributed by atoms with Gasteiger partial charge >= 0.3 is 0 Å². The molecule has 4 nitrogen and oxygen atoms in total. The van der Waals surface area contributed by atoms with Gasteiger partial charge in [-0.25, -0.2) is 4.39 Å². The highest BCUT2D eigenvalue weighted by atomic mass is 19.1. The zero-order valence-electron chi connectivity index (χ0n) is 18.3. The number of rotatable bonds is 5. The van der Waals surface area contributed by atoms with E-state index in [0.717, 1.165) is 49.6 Å². The van der Waals surface area contributed by atoms with Gasteiger partial charge in [0.15, 0.2) is 5.78 Å². The highest BCUT2D eigenvalue weighted by Crippen LogP contribution is 2.43. The maximum atomic E-state index is 14.0. The minimum Gasteiger partial charge on any atom is -0.497 e. The Balaban J connectivity index is 1.38. The van der Waals surface area contributed by atoms with E-state index in [9.17, 15) is 9.18 Å². The van der Waals surface area contributed by atoms with E-state index in [2.05, 4.69) is 21.9 Å². The smallest absolute Gasteiger partial charge is 0.188 e. The summed E-state index contributed by atoms with van der Waals surface area (Å²) < 4.78 is 19.2. The molecule has 0 spiro atoms. The molecular formula is C27H27FN2O2. The number of piperazine rings is 1. The van der Waals surface area contributed by atoms with E-state index in [0.29, 0.717) is 12.0 Å². The Morgan fingerprint density at radius 2 is 1.66 bits per heavy atom. The lowest BCUT2D eigenvalue weighted by Gasteiger charge is -2.45. The van der Waals surface area contributed by atoms with Crippen molar-refractivity contribution in [3.63, 3.8) is 0 Å². The molecule has 0 radical (unpaired) electrons. The fourth-order valence-corrected chi connectivity index (χ4v) is 5.17. The van der Waals surface area contributed by atoms with Gasteiger partial charge in [0, 0.05) is 44.7 Å². The van der Waals surface area contributed by atoms with E-state index in [1.165, 1.54) is 17.7 Å². The van der Waals surface area contributed by atoms with Crippen molar-refractivity contribution in [2.24, 2.45) is 0 Å². The number of halogens is 1. The lowest BCUT2D eigenvalue weighted by molar-refractivity contribution is 0.0288. The molecule has 3 aromatic carbocycles. The van der Waals surface area contributed by atoms with E-state index in [1.807, 2.05) is 42.5 Å². The first-order valence-corrected chi connectivity index (χ1v) is 11.1. The molecule has 1 fully saturated rings. The van der Waals surface area contributed by atoms with E-state index >= 15 is 0 Å². The van der Waals surface area contributed by atoms with Gasteiger partial charge in [0.2, 0.25) is 0 Å². The normalized spacial score (nSPS) is 21.5. The van der Waals surface area contributed by atoms with Gasteiger partial charge in [-0.05, 0) is 47.0 Å². The molecule has 0 aromatic heterocycles. The van der Waals surface area contributed by atoms with Crippen LogP contribution in [0.3, 0.4) is 0 Å². The zero-order chi connectivity index (χ0) is 22.1. The van der Waals surface area contributed by atoms with Crippen LogP contribution in [0.15, 0.2) is 72.8 Å². The molecule has 1 saturated heterocycles.